The van der Waals surface area contributed by atoms with Gasteiger partial charge in [0.2, 0.25) is 0 Å². The van der Waals surface area contributed by atoms with Crippen LogP contribution in [-0.2, 0) is 21.1 Å². The number of carbonyl (C=O) groups is 1. The number of nitrogens with two attached hydrogens (primary N) is 2. The molecule has 0 aliphatic heterocycles. The number of hydrogen-bond acceptors (Lipinski definition) is 7. The second-order valence-corrected chi connectivity index (χ2v) is 6.81. The van der Waals surface area contributed by atoms with E-state index in [1.807, 2.05) is 0 Å². The third kappa shape index (κ3) is 6.17. The van der Waals surface area contributed by atoms with Crippen LogP contribution in [0.2, 0.25) is 0 Å². The van der Waals surface area contributed by atoms with E-state index in [2.05, 4.69) is 14.7 Å². The van der Waals surface area contributed by atoms with Crippen LogP contribution in [0, 0.1) is 4.78 Å². The summed E-state index contributed by atoms with van der Waals surface area (Å²) < 4.78 is 29.4. The first-order valence-electron chi connectivity index (χ1n) is 7.09. The number of pyridine rings is 1. The van der Waals surface area contributed by atoms with Crippen molar-refractivity contribution in [3.05, 3.63) is 29.4 Å². The topological polar surface area (TPSA) is 177 Å². The van der Waals surface area contributed by atoms with Crippen molar-refractivity contribution in [1.82, 2.24) is 10.3 Å². The lowest BCUT2D eigenvalue weighted by Crippen LogP contribution is -2.29. The zero-order valence-electron chi connectivity index (χ0n) is 14.1. The molecule has 0 aliphatic carbocycles. The highest BCUT2D eigenvalue weighted by Gasteiger charge is 2.18. The largest absolute Gasteiger partial charge is 0.486 e. The Balaban J connectivity index is 3.25. The fourth-order valence-corrected chi connectivity index (χ4v) is 3.16. The first-order chi connectivity index (χ1) is 11.6. The van der Waals surface area contributed by atoms with Crippen LogP contribution >= 0.6 is 0 Å². The number of aromatic nitrogens is 1. The van der Waals surface area contributed by atoms with Crippen molar-refractivity contribution < 1.29 is 18.7 Å². The molecule has 0 aliphatic rings. The third-order valence-electron chi connectivity index (χ3n) is 2.98. The number of primary amides is 1. The van der Waals surface area contributed by atoms with Crippen LogP contribution in [0.4, 0.5) is 10.5 Å². The molecule has 12 heteroatoms. The maximum atomic E-state index is 12.7. The van der Waals surface area contributed by atoms with Gasteiger partial charge in [-0.25, -0.2) is 18.8 Å². The smallest absolute Gasteiger partial charge is 0.423 e. The number of allylic oxidation sites excluding steroid dienone is 2. The Bertz CT molecular complexity index is 809. The fourth-order valence-electron chi connectivity index (χ4n) is 1.93. The SMILES string of the molecule is COB(O)/C(C)=C/C(C)=NS(=N)(=O)c1ncc(N)cc1CNC(N)=O. The predicted octanol–water partition coefficient (Wildman–Crippen LogP) is 0.226. The Morgan fingerprint density at radius 2 is 2.24 bits per heavy atom. The summed E-state index contributed by atoms with van der Waals surface area (Å²) in [6, 6.07) is 0.657. The average molecular weight is 368 g/mol. The number of amides is 2. The molecule has 7 N–H and O–H groups in total. The lowest BCUT2D eigenvalue weighted by Gasteiger charge is -2.10. The number of nitrogens with one attached hydrogen (secondary N) is 2. The zero-order valence-corrected chi connectivity index (χ0v) is 15.0. The number of rotatable bonds is 7. The second kappa shape index (κ2) is 8.60. The monoisotopic (exact) mass is 368 g/mol. The standard InChI is InChI=1S/C13H21BN6O4S/c1-8(14(22)24-3)4-9(2)20-25(17,23)12-10(6-19-13(16)21)5-11(15)7-18-12/h4-5,7,17,22H,6,15H2,1-3H3,(H3,16,19,21)/b8-4+,20-9?. The van der Waals surface area contributed by atoms with Crippen molar-refractivity contribution in [1.29, 1.82) is 4.78 Å². The normalized spacial score (nSPS) is 14.7. The van der Waals surface area contributed by atoms with Crippen LogP contribution in [0.25, 0.3) is 0 Å². The Hall–Kier alpha value is -2.44. The molecular weight excluding hydrogens is 347 g/mol. The average Bonchev–Trinajstić information content (AvgIpc) is 2.51. The summed E-state index contributed by atoms with van der Waals surface area (Å²) in [4.78, 5) is 14.8. The van der Waals surface area contributed by atoms with Gasteiger partial charge < -0.3 is 26.5 Å². The van der Waals surface area contributed by atoms with E-state index >= 15 is 0 Å². The molecule has 0 radical (unpaired) electrons. The Morgan fingerprint density at radius 3 is 2.80 bits per heavy atom. The molecule has 0 bridgehead atoms. The van der Waals surface area contributed by atoms with E-state index in [0.29, 0.717) is 5.47 Å². The summed E-state index contributed by atoms with van der Waals surface area (Å²) >= 11 is 0. The van der Waals surface area contributed by atoms with Crippen molar-refractivity contribution in [2.75, 3.05) is 12.8 Å². The Morgan fingerprint density at radius 1 is 1.60 bits per heavy atom. The number of urea groups is 1. The summed E-state index contributed by atoms with van der Waals surface area (Å²) in [7, 11) is -3.47. The molecule has 10 nitrogen and oxygen atoms in total. The number of nitrogen functional groups attached to an aromatic ring is 1. The quantitative estimate of drug-likeness (QED) is 0.340. The lowest BCUT2D eigenvalue weighted by atomic mass is 9.79. The highest BCUT2D eigenvalue weighted by Crippen LogP contribution is 2.19. The molecule has 0 saturated heterocycles. The molecule has 1 atom stereocenters. The van der Waals surface area contributed by atoms with Gasteiger partial charge in [-0.1, -0.05) is 0 Å². The van der Waals surface area contributed by atoms with Gasteiger partial charge in [-0.15, -0.1) is 0 Å². The Labute approximate surface area is 146 Å². The molecule has 1 aromatic rings. The number of nitrogens with zero attached hydrogens (tertiary/aromatic N) is 2. The van der Waals surface area contributed by atoms with E-state index in [1.54, 1.807) is 6.92 Å². The summed E-state index contributed by atoms with van der Waals surface area (Å²) in [5, 5.41) is 11.7. The van der Waals surface area contributed by atoms with Crippen LogP contribution in [0.5, 0.6) is 0 Å². The van der Waals surface area contributed by atoms with Crippen molar-refractivity contribution in [2.45, 2.75) is 25.4 Å². The summed E-state index contributed by atoms with van der Waals surface area (Å²) in [5.74, 6) is 0. The second-order valence-electron chi connectivity index (χ2n) is 5.19. The number of hydrogen-bond donors (Lipinski definition) is 5. The highest BCUT2D eigenvalue weighted by atomic mass is 32.2. The summed E-state index contributed by atoms with van der Waals surface area (Å²) in [6.07, 6.45) is 2.69. The van der Waals surface area contributed by atoms with E-state index in [1.165, 1.54) is 32.4 Å². The van der Waals surface area contributed by atoms with Gasteiger partial charge in [0.15, 0.2) is 14.9 Å². The van der Waals surface area contributed by atoms with Gasteiger partial charge >= 0.3 is 13.1 Å². The Kier molecular flexibility index (Phi) is 7.09. The zero-order chi connectivity index (χ0) is 19.2. The van der Waals surface area contributed by atoms with Gasteiger partial charge in [0.25, 0.3) is 0 Å². The molecule has 0 saturated carbocycles. The molecule has 0 aromatic carbocycles. The molecule has 1 rings (SSSR count). The maximum absolute atomic E-state index is 12.7. The summed E-state index contributed by atoms with van der Waals surface area (Å²) in [5.41, 5.74) is 11.9. The number of carbonyl (C=O) groups excluding carboxylic acids is 1. The molecule has 1 aromatic heterocycles. The molecule has 1 unspecified atom stereocenters. The maximum Gasteiger partial charge on any atom is 0.486 e. The molecule has 1 heterocycles. The molecule has 0 spiro atoms. The van der Waals surface area contributed by atoms with Gasteiger partial charge in [-0.2, -0.15) is 4.40 Å². The van der Waals surface area contributed by atoms with E-state index < -0.39 is 23.1 Å². The molecular formula is C13H21BN6O4S. The van der Waals surface area contributed by atoms with Gasteiger partial charge in [-0.05, 0) is 31.5 Å². The highest BCUT2D eigenvalue weighted by molar-refractivity contribution is 7.91. The summed E-state index contributed by atoms with van der Waals surface area (Å²) in [6.45, 7) is 3.03. The third-order valence-corrected chi connectivity index (χ3v) is 4.42. The van der Waals surface area contributed by atoms with E-state index in [4.69, 9.17) is 20.9 Å². The van der Waals surface area contributed by atoms with E-state index in [-0.39, 0.29) is 28.5 Å². The van der Waals surface area contributed by atoms with Crippen LogP contribution < -0.4 is 16.8 Å². The first-order valence-corrected chi connectivity index (χ1v) is 8.60. The van der Waals surface area contributed by atoms with Crippen molar-refractivity contribution >= 4 is 34.5 Å². The molecule has 2 amide bonds. The van der Waals surface area contributed by atoms with Crippen LogP contribution in [0.1, 0.15) is 19.4 Å². The van der Waals surface area contributed by atoms with E-state index in [0.717, 1.165) is 0 Å². The van der Waals surface area contributed by atoms with Crippen molar-refractivity contribution in [3.63, 3.8) is 0 Å². The van der Waals surface area contributed by atoms with Crippen molar-refractivity contribution in [3.8, 4) is 0 Å². The van der Waals surface area contributed by atoms with Gasteiger partial charge in [0, 0.05) is 24.9 Å². The van der Waals surface area contributed by atoms with Crippen LogP contribution in [0.15, 0.2) is 33.2 Å². The molecule has 136 valence electrons. The molecule has 0 fully saturated rings. The number of anilines is 1. The predicted molar refractivity (Wildman–Crippen MR) is 96.0 cm³/mol. The van der Waals surface area contributed by atoms with E-state index in [9.17, 15) is 14.0 Å². The minimum absolute atomic E-state index is 0.0929. The lowest BCUT2D eigenvalue weighted by molar-refractivity contribution is 0.248. The fraction of sp³-hybridized carbons (Fsp3) is 0.308. The van der Waals surface area contributed by atoms with Crippen LogP contribution in [-0.4, -0.2) is 40.2 Å². The van der Waals surface area contributed by atoms with Crippen LogP contribution in [0.3, 0.4) is 0 Å². The molecule has 25 heavy (non-hydrogen) atoms. The van der Waals surface area contributed by atoms with Crippen molar-refractivity contribution in [2.24, 2.45) is 10.1 Å². The first kappa shape index (κ1) is 20.6. The van der Waals surface area contributed by atoms with Gasteiger partial charge in [0.05, 0.1) is 11.9 Å². The van der Waals surface area contributed by atoms with Gasteiger partial charge in [-0.3, -0.25) is 0 Å². The van der Waals surface area contributed by atoms with Gasteiger partial charge in [0.1, 0.15) is 0 Å². The minimum Gasteiger partial charge on any atom is -0.423 e. The minimum atomic E-state index is -3.67.